The zero-order valence-corrected chi connectivity index (χ0v) is 13.7. The van der Waals surface area contributed by atoms with Gasteiger partial charge in [0.05, 0.1) is 5.91 Å². The first-order chi connectivity index (χ1) is 10.7. The molecule has 0 bridgehead atoms. The molecule has 2 heterocycles. The van der Waals surface area contributed by atoms with Gasteiger partial charge in [-0.15, -0.1) is 24.9 Å². The first-order valence-corrected chi connectivity index (χ1v) is 6.73. The van der Waals surface area contributed by atoms with Gasteiger partial charge in [0.15, 0.2) is 12.4 Å². The largest absolute Gasteiger partial charge is 0.680 e. The molecule has 10 heteroatoms. The minimum Gasteiger partial charge on any atom is -0.680 e. The van der Waals surface area contributed by atoms with Crippen molar-refractivity contribution in [2.75, 3.05) is 13.1 Å². The number of nitrogens with zero attached hydrogens (tertiary/aromatic N) is 5. The molecule has 2 rings (SSSR count). The second-order valence-corrected chi connectivity index (χ2v) is 4.34. The average Bonchev–Trinajstić information content (AvgIpc) is 2.57. The Hall–Kier alpha value is -2.36. The van der Waals surface area contributed by atoms with Crippen LogP contribution in [0.15, 0.2) is 23.9 Å². The molecule has 1 unspecified atom stereocenters. The topological polar surface area (TPSA) is 169 Å². The van der Waals surface area contributed by atoms with Gasteiger partial charge in [-0.25, -0.2) is 5.32 Å². The number of nitrogens with one attached hydrogen (secondary N) is 1. The van der Waals surface area contributed by atoms with Gasteiger partial charge in [0.25, 0.3) is 0 Å². The summed E-state index contributed by atoms with van der Waals surface area (Å²) in [4.78, 5) is 23.3. The van der Waals surface area contributed by atoms with E-state index in [1.165, 1.54) is 12.4 Å². The number of carbonyl (C=O) groups excluding carboxylic acids is 2. The Bertz CT molecular complexity index is 532. The summed E-state index contributed by atoms with van der Waals surface area (Å²) >= 11 is 0. The number of amides is 2. The number of imide groups is 1. The van der Waals surface area contributed by atoms with Crippen LogP contribution in [-0.4, -0.2) is 30.9 Å². The van der Waals surface area contributed by atoms with E-state index in [4.69, 9.17) is 10.5 Å². The fraction of sp³-hybridized carbons (Fsp3) is 0.429. The molecule has 2 amide bonds. The van der Waals surface area contributed by atoms with Crippen molar-refractivity contribution in [3.05, 3.63) is 39.9 Å². The van der Waals surface area contributed by atoms with Crippen LogP contribution < -0.4 is 5.32 Å². The summed E-state index contributed by atoms with van der Waals surface area (Å²) in [7, 11) is 0. The van der Waals surface area contributed by atoms with Crippen molar-refractivity contribution in [3.8, 4) is 12.4 Å². The number of carbonyl (C=O) groups is 2. The smallest absolute Gasteiger partial charge is 0.190 e. The molecular weight excluding hydrogens is 364 g/mol. The minimum atomic E-state index is -0.555. The number of nitriles is 2. The number of hydrogen-bond acceptors (Lipinski definition) is 5. The van der Waals surface area contributed by atoms with Crippen LogP contribution in [0.3, 0.4) is 0 Å². The fourth-order valence-corrected chi connectivity index (χ4v) is 1.81. The number of rotatable bonds is 2. The Morgan fingerprint density at radius 2 is 2.00 bits per heavy atom. The SMILES string of the molecule is N#CNC#N.O=C([N-]C(=O)C1CCCC[N-]1)C1=CC=CC[N-]1.[Cu].[OH3+]. The number of allylic oxidation sites excluding steroid dienone is 2. The van der Waals surface area contributed by atoms with Gasteiger partial charge in [0.1, 0.15) is 0 Å². The van der Waals surface area contributed by atoms with Crippen molar-refractivity contribution in [1.29, 1.82) is 10.5 Å². The molecule has 0 saturated carbocycles. The van der Waals surface area contributed by atoms with E-state index < -0.39 is 17.9 Å². The van der Waals surface area contributed by atoms with E-state index in [9.17, 15) is 9.59 Å². The Morgan fingerprint density at radius 1 is 1.29 bits per heavy atom. The molecule has 0 spiro atoms. The van der Waals surface area contributed by atoms with E-state index in [0.29, 0.717) is 19.5 Å². The van der Waals surface area contributed by atoms with Gasteiger partial charge in [0.2, 0.25) is 0 Å². The van der Waals surface area contributed by atoms with Gasteiger partial charge < -0.3 is 31.0 Å². The second-order valence-electron chi connectivity index (χ2n) is 4.34. The van der Waals surface area contributed by atoms with E-state index in [1.54, 1.807) is 17.5 Å². The monoisotopic (exact) mass is 381 g/mol. The number of hydrogen-bond donors (Lipinski definition) is 1. The Labute approximate surface area is 150 Å². The zero-order valence-electron chi connectivity index (χ0n) is 12.8. The molecule has 4 N–H and O–H groups in total. The molecule has 1 fully saturated rings. The van der Waals surface area contributed by atoms with E-state index in [-0.39, 0.29) is 28.2 Å². The van der Waals surface area contributed by atoms with Crippen molar-refractivity contribution in [2.45, 2.75) is 25.3 Å². The molecule has 2 aliphatic rings. The molecule has 24 heavy (non-hydrogen) atoms. The standard InChI is InChI=1S/C12H15N3O2.C2HN3.Cu.H2O/c16-11(9-5-1-3-7-13-9)15-12(17)10-6-2-4-8-14-10;3-1-5-2-4;;/h1,3,5,10H,2,4,6-8H2,(H,15,16,17);5H;;1H2/q-2;;;. The molecule has 2 aliphatic heterocycles. The van der Waals surface area contributed by atoms with E-state index in [1.807, 2.05) is 6.08 Å². The van der Waals surface area contributed by atoms with Gasteiger partial charge in [0, 0.05) is 23.0 Å². The van der Waals surface area contributed by atoms with Gasteiger partial charge in [-0.1, -0.05) is 37.5 Å². The molecule has 9 nitrogen and oxygen atoms in total. The number of piperidine rings is 1. The van der Waals surface area contributed by atoms with E-state index in [0.717, 1.165) is 12.8 Å². The molecule has 1 atom stereocenters. The third-order valence-electron chi connectivity index (χ3n) is 2.82. The average molecular weight is 382 g/mol. The molecule has 0 aromatic heterocycles. The summed E-state index contributed by atoms with van der Waals surface area (Å²) in [5.41, 5.74) is 0.247. The molecule has 0 aromatic carbocycles. The van der Waals surface area contributed by atoms with Crippen LogP contribution in [0.1, 0.15) is 19.3 Å². The van der Waals surface area contributed by atoms with E-state index >= 15 is 0 Å². The van der Waals surface area contributed by atoms with Gasteiger partial charge >= 0.3 is 0 Å². The molecule has 0 aromatic rings. The molecule has 135 valence electrons. The van der Waals surface area contributed by atoms with Crippen LogP contribution in [0.2, 0.25) is 0 Å². The van der Waals surface area contributed by atoms with Crippen LogP contribution in [-0.2, 0) is 32.1 Å². The summed E-state index contributed by atoms with van der Waals surface area (Å²) in [5.74, 6) is -0.986. The van der Waals surface area contributed by atoms with Crippen molar-refractivity contribution in [2.24, 2.45) is 0 Å². The molecular formula is C14H18CuN6O3-2. The van der Waals surface area contributed by atoms with Crippen molar-refractivity contribution in [1.82, 2.24) is 5.32 Å². The van der Waals surface area contributed by atoms with Crippen LogP contribution in [0, 0.1) is 22.9 Å². The Balaban J connectivity index is 0. The Morgan fingerprint density at radius 3 is 2.46 bits per heavy atom. The first kappa shape index (κ1) is 23.9. The summed E-state index contributed by atoms with van der Waals surface area (Å²) in [6, 6.07) is -0.424. The summed E-state index contributed by atoms with van der Waals surface area (Å²) in [5, 5.41) is 28.4. The van der Waals surface area contributed by atoms with Crippen LogP contribution >= 0.6 is 0 Å². The molecule has 0 aliphatic carbocycles. The summed E-state index contributed by atoms with van der Waals surface area (Å²) in [6.07, 6.45) is 10.6. The van der Waals surface area contributed by atoms with Gasteiger partial charge in [-0.3, -0.25) is 0 Å². The van der Waals surface area contributed by atoms with Crippen LogP contribution in [0.25, 0.3) is 16.0 Å². The predicted molar refractivity (Wildman–Crippen MR) is 83.9 cm³/mol. The second kappa shape index (κ2) is 14.2. The summed E-state index contributed by atoms with van der Waals surface area (Å²) < 4.78 is 0. The van der Waals surface area contributed by atoms with Crippen LogP contribution in [0.5, 0.6) is 0 Å². The third kappa shape index (κ3) is 8.93. The molecule has 1 radical (unpaired) electrons. The fourth-order valence-electron chi connectivity index (χ4n) is 1.81. The maximum atomic E-state index is 11.7. The predicted octanol–water partition coefficient (Wildman–Crippen LogP) is 0.781. The molecule has 1 saturated heterocycles. The van der Waals surface area contributed by atoms with Gasteiger partial charge in [-0.2, -0.15) is 10.5 Å². The van der Waals surface area contributed by atoms with E-state index in [2.05, 4.69) is 16.0 Å². The maximum absolute atomic E-state index is 11.7. The third-order valence-corrected chi connectivity index (χ3v) is 2.82. The van der Waals surface area contributed by atoms with Crippen molar-refractivity contribution in [3.63, 3.8) is 0 Å². The Kier molecular flexibility index (Phi) is 14.2. The maximum Gasteiger partial charge on any atom is 0.190 e. The zero-order chi connectivity index (χ0) is 16.2. The first-order valence-electron chi connectivity index (χ1n) is 6.73. The van der Waals surface area contributed by atoms with Crippen molar-refractivity contribution >= 4 is 11.8 Å². The minimum absolute atomic E-state index is 0. The summed E-state index contributed by atoms with van der Waals surface area (Å²) in [6.45, 7) is 1.16. The van der Waals surface area contributed by atoms with Crippen molar-refractivity contribution < 1.29 is 32.1 Å². The van der Waals surface area contributed by atoms with Gasteiger partial charge in [-0.05, 0) is 0 Å². The normalized spacial score (nSPS) is 17.4. The quantitative estimate of drug-likeness (QED) is 0.244. The van der Waals surface area contributed by atoms with Crippen LogP contribution in [0.4, 0.5) is 0 Å².